The van der Waals surface area contributed by atoms with Gasteiger partial charge in [0.2, 0.25) is 0 Å². The highest BCUT2D eigenvalue weighted by Crippen LogP contribution is 2.16. The van der Waals surface area contributed by atoms with E-state index >= 15 is 0 Å². The topological polar surface area (TPSA) is 73.0 Å². The van der Waals surface area contributed by atoms with E-state index in [2.05, 4.69) is 27.6 Å². The molecule has 7 heteroatoms. The third-order valence-electron chi connectivity index (χ3n) is 3.31. The Hall–Kier alpha value is -2.54. The van der Waals surface area contributed by atoms with Crippen LogP contribution in [0.3, 0.4) is 0 Å². The summed E-state index contributed by atoms with van der Waals surface area (Å²) in [6, 6.07) is 13.4. The lowest BCUT2D eigenvalue weighted by Gasteiger charge is -2.10. The van der Waals surface area contributed by atoms with Crippen molar-refractivity contribution >= 4 is 17.7 Å². The molecule has 3 aromatic rings. The second-order valence-electron chi connectivity index (χ2n) is 4.83. The van der Waals surface area contributed by atoms with E-state index < -0.39 is 0 Å². The van der Waals surface area contributed by atoms with Crippen molar-refractivity contribution in [2.24, 2.45) is 0 Å². The van der Waals surface area contributed by atoms with E-state index in [-0.39, 0.29) is 11.7 Å². The van der Waals surface area contributed by atoms with Gasteiger partial charge in [0.1, 0.15) is 0 Å². The molecule has 1 N–H and O–H groups in total. The van der Waals surface area contributed by atoms with Crippen LogP contribution in [-0.4, -0.2) is 26.9 Å². The number of hydrogen-bond acceptors (Lipinski definition) is 5. The van der Waals surface area contributed by atoms with Gasteiger partial charge >= 0.3 is 0 Å². The number of thioether (sulfide) groups is 1. The number of carbonyl (C=O) groups is 1. The molecule has 3 rings (SSSR count). The zero-order valence-electron chi connectivity index (χ0n) is 12.6. The van der Waals surface area contributed by atoms with Crippen molar-refractivity contribution in [2.45, 2.75) is 18.2 Å². The maximum atomic E-state index is 12.0. The predicted molar refractivity (Wildman–Crippen MR) is 87.2 cm³/mol. The number of rotatable bonds is 6. The molecule has 23 heavy (non-hydrogen) atoms. The molecule has 0 unspecified atom stereocenters. The molecule has 0 radical (unpaired) electrons. The Morgan fingerprint density at radius 1 is 1.22 bits per heavy atom. The van der Waals surface area contributed by atoms with E-state index in [1.54, 1.807) is 12.1 Å². The molecule has 6 nitrogen and oxygen atoms in total. The van der Waals surface area contributed by atoms with E-state index in [9.17, 15) is 4.79 Å². The van der Waals surface area contributed by atoms with Gasteiger partial charge in [0.05, 0.1) is 19.4 Å². The molecular weight excluding hydrogens is 312 g/mol. The van der Waals surface area contributed by atoms with Gasteiger partial charge in [-0.3, -0.25) is 4.79 Å². The van der Waals surface area contributed by atoms with Crippen molar-refractivity contribution in [3.8, 4) is 0 Å². The van der Waals surface area contributed by atoms with Gasteiger partial charge in [-0.2, -0.15) is 0 Å². The van der Waals surface area contributed by atoms with Crippen LogP contribution in [0, 0.1) is 0 Å². The summed E-state index contributed by atoms with van der Waals surface area (Å²) in [6.07, 6.45) is 3.43. The van der Waals surface area contributed by atoms with Gasteiger partial charge in [-0.25, -0.2) is 0 Å². The SMILES string of the molecule is CSc1nnc(CNC(=O)c2ccco2)n1Cc1ccccc1. The van der Waals surface area contributed by atoms with Crippen molar-refractivity contribution in [1.29, 1.82) is 0 Å². The fourth-order valence-corrected chi connectivity index (χ4v) is 2.69. The van der Waals surface area contributed by atoms with Crippen LogP contribution in [0.1, 0.15) is 21.9 Å². The van der Waals surface area contributed by atoms with E-state index in [0.29, 0.717) is 18.9 Å². The van der Waals surface area contributed by atoms with Gasteiger partial charge in [-0.05, 0) is 24.0 Å². The minimum Gasteiger partial charge on any atom is -0.459 e. The lowest BCUT2D eigenvalue weighted by molar-refractivity contribution is 0.0921. The lowest BCUT2D eigenvalue weighted by Crippen LogP contribution is -2.24. The second kappa shape index (κ2) is 7.15. The number of carbonyl (C=O) groups excluding carboxylic acids is 1. The summed E-state index contributed by atoms with van der Waals surface area (Å²) < 4.78 is 7.08. The van der Waals surface area contributed by atoms with E-state index in [1.165, 1.54) is 18.0 Å². The van der Waals surface area contributed by atoms with Crippen LogP contribution in [-0.2, 0) is 13.1 Å². The molecule has 0 aliphatic rings. The largest absolute Gasteiger partial charge is 0.459 e. The molecule has 118 valence electrons. The summed E-state index contributed by atoms with van der Waals surface area (Å²) in [7, 11) is 0. The molecule has 0 atom stereocenters. The highest BCUT2D eigenvalue weighted by atomic mass is 32.2. The first-order chi connectivity index (χ1) is 11.3. The summed E-state index contributed by atoms with van der Waals surface area (Å²) in [5.74, 6) is 0.720. The summed E-state index contributed by atoms with van der Waals surface area (Å²) in [6.45, 7) is 0.954. The van der Waals surface area contributed by atoms with Crippen LogP contribution in [0.4, 0.5) is 0 Å². The van der Waals surface area contributed by atoms with Crippen LogP contribution in [0.25, 0.3) is 0 Å². The number of furan rings is 1. The Labute approximate surface area is 137 Å². The Bertz CT molecular complexity index is 769. The fraction of sp³-hybridized carbons (Fsp3) is 0.188. The van der Waals surface area contributed by atoms with Crippen molar-refractivity contribution in [2.75, 3.05) is 6.26 Å². The first kappa shape index (κ1) is 15.4. The Balaban J connectivity index is 1.74. The molecule has 0 aliphatic heterocycles. The molecular formula is C16H16N4O2S. The van der Waals surface area contributed by atoms with Crippen molar-refractivity contribution < 1.29 is 9.21 Å². The number of benzene rings is 1. The molecule has 0 saturated carbocycles. The van der Waals surface area contributed by atoms with Gasteiger partial charge in [0, 0.05) is 0 Å². The molecule has 0 saturated heterocycles. The standard InChI is InChI=1S/C16H16N4O2S/c1-23-16-19-18-14(10-17-15(21)13-8-5-9-22-13)20(16)11-12-6-3-2-4-7-12/h2-9H,10-11H2,1H3,(H,17,21). The van der Waals surface area contributed by atoms with E-state index in [1.807, 2.05) is 29.0 Å². The summed E-state index contributed by atoms with van der Waals surface area (Å²) >= 11 is 1.53. The van der Waals surface area contributed by atoms with E-state index in [0.717, 1.165) is 10.7 Å². The third-order valence-corrected chi connectivity index (χ3v) is 3.98. The van der Waals surface area contributed by atoms with Crippen molar-refractivity contribution in [1.82, 2.24) is 20.1 Å². The number of amides is 1. The molecule has 0 aliphatic carbocycles. The minimum atomic E-state index is -0.269. The van der Waals surface area contributed by atoms with Crippen molar-refractivity contribution in [3.05, 3.63) is 65.9 Å². The summed E-state index contributed by atoms with van der Waals surface area (Å²) in [5.41, 5.74) is 1.15. The number of hydrogen-bond donors (Lipinski definition) is 1. The molecule has 1 amide bonds. The zero-order valence-corrected chi connectivity index (χ0v) is 13.4. The van der Waals surface area contributed by atoms with Gasteiger partial charge in [0.25, 0.3) is 5.91 Å². The summed E-state index contributed by atoms with van der Waals surface area (Å²) in [5, 5.41) is 12.0. The molecule has 0 fully saturated rings. The smallest absolute Gasteiger partial charge is 0.287 e. The Kier molecular flexibility index (Phi) is 4.77. The third kappa shape index (κ3) is 3.62. The molecule has 2 heterocycles. The monoisotopic (exact) mass is 328 g/mol. The number of nitrogens with one attached hydrogen (secondary N) is 1. The number of aromatic nitrogens is 3. The van der Waals surface area contributed by atoms with Crippen LogP contribution < -0.4 is 5.32 Å². The molecule has 2 aromatic heterocycles. The van der Waals surface area contributed by atoms with Crippen molar-refractivity contribution in [3.63, 3.8) is 0 Å². The maximum Gasteiger partial charge on any atom is 0.287 e. The first-order valence-corrected chi connectivity index (χ1v) is 8.32. The molecule has 0 bridgehead atoms. The predicted octanol–water partition coefficient (Wildman–Crippen LogP) is 2.57. The first-order valence-electron chi connectivity index (χ1n) is 7.09. The fourth-order valence-electron chi connectivity index (χ4n) is 2.18. The summed E-state index contributed by atoms with van der Waals surface area (Å²) in [4.78, 5) is 12.0. The van der Waals surface area contributed by atoms with Gasteiger partial charge < -0.3 is 14.3 Å². The van der Waals surface area contributed by atoms with Crippen LogP contribution >= 0.6 is 11.8 Å². The van der Waals surface area contributed by atoms with Crippen LogP contribution in [0.2, 0.25) is 0 Å². The quantitative estimate of drug-likeness (QED) is 0.704. The Morgan fingerprint density at radius 2 is 2.04 bits per heavy atom. The van der Waals surface area contributed by atoms with Crippen LogP contribution in [0.15, 0.2) is 58.3 Å². The molecule has 0 spiro atoms. The average molecular weight is 328 g/mol. The van der Waals surface area contributed by atoms with E-state index in [4.69, 9.17) is 4.42 Å². The Morgan fingerprint density at radius 3 is 2.74 bits per heavy atom. The minimum absolute atomic E-state index is 0.269. The van der Waals surface area contributed by atoms with Gasteiger partial charge in [-0.15, -0.1) is 10.2 Å². The van der Waals surface area contributed by atoms with Crippen LogP contribution in [0.5, 0.6) is 0 Å². The zero-order chi connectivity index (χ0) is 16.1. The maximum absolute atomic E-state index is 12.0. The molecule has 1 aromatic carbocycles. The van der Waals surface area contributed by atoms with Gasteiger partial charge in [-0.1, -0.05) is 42.1 Å². The van der Waals surface area contributed by atoms with Gasteiger partial charge in [0.15, 0.2) is 16.7 Å². The lowest BCUT2D eigenvalue weighted by atomic mass is 10.2. The number of nitrogens with zero attached hydrogens (tertiary/aromatic N) is 3. The highest BCUT2D eigenvalue weighted by molar-refractivity contribution is 7.98. The average Bonchev–Trinajstić information content (AvgIpc) is 3.24. The second-order valence-corrected chi connectivity index (χ2v) is 5.61. The highest BCUT2D eigenvalue weighted by Gasteiger charge is 2.14. The normalized spacial score (nSPS) is 10.7.